The highest BCUT2D eigenvalue weighted by molar-refractivity contribution is 6.46. The van der Waals surface area contributed by atoms with E-state index in [-0.39, 0.29) is 0 Å². The van der Waals surface area contributed by atoms with E-state index in [2.05, 4.69) is 69.3 Å². The van der Waals surface area contributed by atoms with Gasteiger partial charge in [-0.05, 0) is 66.4 Å². The lowest BCUT2D eigenvalue weighted by atomic mass is 10.1. The van der Waals surface area contributed by atoms with Crippen molar-refractivity contribution in [1.29, 1.82) is 0 Å². The summed E-state index contributed by atoms with van der Waals surface area (Å²) >= 11 is -1.78. The number of unbranched alkanes of at least 4 members (excludes halogenated alkanes) is 10. The summed E-state index contributed by atoms with van der Waals surface area (Å²) in [6.45, 7) is 6.71. The molecule has 0 fully saturated rings. The minimum atomic E-state index is -1.78. The first-order valence-corrected chi connectivity index (χ1v) is 15.5. The van der Waals surface area contributed by atoms with E-state index in [9.17, 15) is 0 Å². The first kappa shape index (κ1) is 27.8. The molecule has 3 heteroatoms. The summed E-state index contributed by atoms with van der Waals surface area (Å²) in [5.74, 6) is 1.89. The molecule has 0 N–H and O–H groups in total. The molecule has 0 atom stereocenters. The fourth-order valence-corrected chi connectivity index (χ4v) is 5.49. The minimum absolute atomic E-state index is 0.943. The Labute approximate surface area is 209 Å². The molecule has 182 valence electrons. The normalized spacial score (nSPS) is 10.9. The van der Waals surface area contributed by atoms with Gasteiger partial charge in [-0.1, -0.05) is 109 Å². The van der Waals surface area contributed by atoms with E-state index in [0.29, 0.717) is 0 Å². The Kier molecular flexibility index (Phi) is 15.1. The first-order chi connectivity index (χ1) is 16.2. The Balaban J connectivity index is 1.70. The highest BCUT2D eigenvalue weighted by Crippen LogP contribution is 2.20. The topological polar surface area (TPSA) is 18.5 Å². The maximum absolute atomic E-state index is 6.25. The Morgan fingerprint density at radius 1 is 0.485 bits per heavy atom. The van der Waals surface area contributed by atoms with Crippen LogP contribution in [0.25, 0.3) is 0 Å². The van der Waals surface area contributed by atoms with Crippen LogP contribution in [0.2, 0.25) is 5.28 Å². The van der Waals surface area contributed by atoms with Crippen molar-refractivity contribution in [2.45, 2.75) is 116 Å². The van der Waals surface area contributed by atoms with Crippen LogP contribution in [0, 0.1) is 0 Å². The standard InChI is InChI=1S/2C14H22O.C2H5.Al/c2*1-2-3-4-5-6-7-8-13-9-11-14(15)12-10-13;1-2;/h2*9-12,15H,2-8H2,1H3;1H2,2H3;/q;;;+2/p-2. The van der Waals surface area contributed by atoms with Crippen molar-refractivity contribution in [2.75, 3.05) is 0 Å². The number of hydrogen-bond donors (Lipinski definition) is 0. The van der Waals surface area contributed by atoms with Gasteiger partial charge in [-0.2, -0.15) is 0 Å². The predicted octanol–water partition coefficient (Wildman–Crippen LogP) is 9.46. The minimum Gasteiger partial charge on any atom is -0.612 e. The quantitative estimate of drug-likeness (QED) is 0.152. The molecule has 2 nitrogen and oxygen atoms in total. The number of rotatable bonds is 19. The van der Waals surface area contributed by atoms with Crippen LogP contribution in [0.1, 0.15) is 109 Å². The van der Waals surface area contributed by atoms with Gasteiger partial charge in [0.05, 0.1) is 11.5 Å². The third kappa shape index (κ3) is 12.6. The molecule has 2 aromatic carbocycles. The summed E-state index contributed by atoms with van der Waals surface area (Å²) < 4.78 is 12.5. The molecule has 0 aliphatic rings. The number of benzene rings is 2. The smallest absolute Gasteiger partial charge is 0.612 e. The molecule has 0 saturated carbocycles. The fourth-order valence-electron chi connectivity index (χ4n) is 4.18. The van der Waals surface area contributed by atoms with Crippen molar-refractivity contribution in [2.24, 2.45) is 0 Å². The summed E-state index contributed by atoms with van der Waals surface area (Å²) in [6, 6.07) is 17.4. The van der Waals surface area contributed by atoms with Crippen molar-refractivity contribution >= 4 is 14.8 Å². The zero-order valence-electron chi connectivity index (χ0n) is 21.6. The van der Waals surface area contributed by atoms with Crippen LogP contribution >= 0.6 is 0 Å². The Morgan fingerprint density at radius 2 is 0.848 bits per heavy atom. The Bertz CT molecular complexity index is 650. The second kappa shape index (κ2) is 18.0. The molecular weight excluding hydrogens is 419 g/mol. The Morgan fingerprint density at radius 3 is 1.21 bits per heavy atom. The molecule has 0 aliphatic carbocycles. The molecule has 33 heavy (non-hydrogen) atoms. The van der Waals surface area contributed by atoms with Crippen LogP contribution in [0.5, 0.6) is 11.5 Å². The largest absolute Gasteiger partial charge is 0.856 e. The third-order valence-corrected chi connectivity index (χ3v) is 8.09. The first-order valence-electron chi connectivity index (χ1n) is 13.8. The van der Waals surface area contributed by atoms with Gasteiger partial charge in [0.1, 0.15) is 0 Å². The zero-order chi connectivity index (χ0) is 23.6. The van der Waals surface area contributed by atoms with E-state index in [4.69, 9.17) is 7.58 Å². The van der Waals surface area contributed by atoms with Gasteiger partial charge in [0.15, 0.2) is 0 Å². The van der Waals surface area contributed by atoms with Crippen molar-refractivity contribution in [3.63, 3.8) is 0 Å². The predicted molar refractivity (Wildman–Crippen MR) is 145 cm³/mol. The van der Waals surface area contributed by atoms with Gasteiger partial charge >= 0.3 is 14.8 Å². The SMILES string of the molecule is CCCCCCCCc1ccc([O][Al]([CH2]C)[O]c2ccc(CCCCCCCC)cc2)cc1. The lowest BCUT2D eigenvalue weighted by molar-refractivity contribution is 0.423. The monoisotopic (exact) mass is 466 g/mol. The van der Waals surface area contributed by atoms with E-state index in [1.54, 1.807) is 0 Å². The maximum Gasteiger partial charge on any atom is 0.856 e. The third-order valence-electron chi connectivity index (χ3n) is 6.35. The highest BCUT2D eigenvalue weighted by Gasteiger charge is 2.29. The van der Waals surface area contributed by atoms with Crippen LogP contribution < -0.4 is 7.58 Å². The number of aryl methyl sites for hydroxylation is 2. The molecule has 0 bridgehead atoms. The molecular formula is C30H47AlO2. The molecule has 0 heterocycles. The average Bonchev–Trinajstić information content (AvgIpc) is 2.85. The van der Waals surface area contributed by atoms with Gasteiger partial charge in [-0.25, -0.2) is 0 Å². The lowest BCUT2D eigenvalue weighted by Crippen LogP contribution is -2.28. The summed E-state index contributed by atoms with van der Waals surface area (Å²) in [6.07, 6.45) is 18.5. The van der Waals surface area contributed by atoms with Gasteiger partial charge in [0, 0.05) is 0 Å². The maximum atomic E-state index is 6.25. The van der Waals surface area contributed by atoms with Gasteiger partial charge < -0.3 is 7.58 Å². The van der Waals surface area contributed by atoms with Gasteiger partial charge in [-0.15, -0.1) is 0 Å². The molecule has 0 aromatic heterocycles. The molecule has 0 amide bonds. The molecule has 2 aromatic rings. The summed E-state index contributed by atoms with van der Waals surface area (Å²) in [5, 5.41) is 0.943. The van der Waals surface area contributed by atoms with Crippen molar-refractivity contribution in [3.8, 4) is 11.5 Å². The number of hydrogen-bond acceptors (Lipinski definition) is 2. The molecule has 0 saturated heterocycles. The van der Waals surface area contributed by atoms with E-state index in [1.165, 1.54) is 101 Å². The van der Waals surface area contributed by atoms with Crippen LogP contribution in [0.4, 0.5) is 0 Å². The summed E-state index contributed by atoms with van der Waals surface area (Å²) in [5.41, 5.74) is 2.82. The van der Waals surface area contributed by atoms with E-state index in [0.717, 1.165) is 16.8 Å². The zero-order valence-corrected chi connectivity index (χ0v) is 22.8. The van der Waals surface area contributed by atoms with Crippen LogP contribution in [-0.2, 0) is 12.8 Å². The Hall–Kier alpha value is -1.43. The molecule has 0 aliphatic heterocycles. The molecule has 0 spiro atoms. The van der Waals surface area contributed by atoms with Crippen molar-refractivity contribution in [3.05, 3.63) is 59.7 Å². The van der Waals surface area contributed by atoms with E-state index in [1.807, 2.05) is 0 Å². The van der Waals surface area contributed by atoms with Crippen LogP contribution in [-0.4, -0.2) is 14.8 Å². The van der Waals surface area contributed by atoms with Gasteiger partial charge in [-0.3, -0.25) is 0 Å². The van der Waals surface area contributed by atoms with Crippen LogP contribution in [0.15, 0.2) is 48.5 Å². The van der Waals surface area contributed by atoms with E-state index < -0.39 is 14.8 Å². The van der Waals surface area contributed by atoms with Crippen molar-refractivity contribution in [1.82, 2.24) is 0 Å². The lowest BCUT2D eigenvalue weighted by Gasteiger charge is -2.16. The van der Waals surface area contributed by atoms with Gasteiger partial charge in [0.25, 0.3) is 0 Å². The molecule has 0 unspecified atom stereocenters. The molecule has 2 rings (SSSR count). The van der Waals surface area contributed by atoms with Gasteiger partial charge in [0.2, 0.25) is 0 Å². The fraction of sp³-hybridized carbons (Fsp3) is 0.600. The van der Waals surface area contributed by atoms with Crippen molar-refractivity contribution < 1.29 is 7.58 Å². The van der Waals surface area contributed by atoms with Crippen LogP contribution in [0.3, 0.4) is 0 Å². The summed E-state index contributed by atoms with van der Waals surface area (Å²) in [7, 11) is 0. The highest BCUT2D eigenvalue weighted by atomic mass is 27.2. The summed E-state index contributed by atoms with van der Waals surface area (Å²) in [4.78, 5) is 0. The average molecular weight is 467 g/mol. The second-order valence-electron chi connectivity index (χ2n) is 9.40. The molecule has 0 radical (unpaired) electrons. The van der Waals surface area contributed by atoms with E-state index >= 15 is 0 Å². The second-order valence-corrected chi connectivity index (χ2v) is 11.5.